The van der Waals surface area contributed by atoms with Crippen molar-refractivity contribution in [2.75, 3.05) is 26.4 Å². The molecule has 0 saturated heterocycles. The predicted molar refractivity (Wildman–Crippen MR) is 107 cm³/mol. The third kappa shape index (κ3) is 4.16. The fraction of sp³-hybridized carbons (Fsp3) is 0.350. The molecule has 8 nitrogen and oxygen atoms in total. The van der Waals surface area contributed by atoms with E-state index >= 15 is 0 Å². The highest BCUT2D eigenvalue weighted by Crippen LogP contribution is 2.32. The summed E-state index contributed by atoms with van der Waals surface area (Å²) in [5.41, 5.74) is 2.05. The summed E-state index contributed by atoms with van der Waals surface area (Å²) >= 11 is 0. The van der Waals surface area contributed by atoms with Crippen molar-refractivity contribution in [3.63, 3.8) is 0 Å². The number of nitrogens with zero attached hydrogens (tertiary/aromatic N) is 4. The second-order valence-electron chi connectivity index (χ2n) is 6.42. The van der Waals surface area contributed by atoms with E-state index in [1.54, 1.807) is 0 Å². The molecule has 2 aromatic heterocycles. The fourth-order valence-electron chi connectivity index (χ4n) is 3.09. The lowest BCUT2D eigenvalue weighted by molar-refractivity contribution is 0.174. The SMILES string of the molecule is CCNC(=NCCc1nnc2ccccn12)NCCc1ccc2c(c1)OCO2. The molecule has 0 fully saturated rings. The van der Waals surface area contributed by atoms with Crippen LogP contribution in [-0.4, -0.2) is 47.0 Å². The van der Waals surface area contributed by atoms with Crippen LogP contribution in [0, 0.1) is 0 Å². The van der Waals surface area contributed by atoms with Gasteiger partial charge in [0.25, 0.3) is 0 Å². The van der Waals surface area contributed by atoms with Gasteiger partial charge in [0, 0.05) is 32.3 Å². The van der Waals surface area contributed by atoms with Crippen LogP contribution in [0.25, 0.3) is 5.65 Å². The van der Waals surface area contributed by atoms with E-state index in [9.17, 15) is 0 Å². The Morgan fingerprint density at radius 1 is 1.11 bits per heavy atom. The normalized spacial score (nSPS) is 13.1. The molecule has 0 spiro atoms. The maximum atomic E-state index is 5.43. The van der Waals surface area contributed by atoms with Crippen molar-refractivity contribution in [1.82, 2.24) is 25.2 Å². The van der Waals surface area contributed by atoms with Gasteiger partial charge in [-0.1, -0.05) is 12.1 Å². The lowest BCUT2D eigenvalue weighted by Crippen LogP contribution is -2.38. The van der Waals surface area contributed by atoms with Gasteiger partial charge in [0.15, 0.2) is 23.1 Å². The van der Waals surface area contributed by atoms with Crippen LogP contribution >= 0.6 is 0 Å². The van der Waals surface area contributed by atoms with Crippen LogP contribution in [0.3, 0.4) is 0 Å². The molecule has 3 aromatic rings. The van der Waals surface area contributed by atoms with E-state index in [0.717, 1.165) is 54.9 Å². The molecule has 2 N–H and O–H groups in total. The molecule has 0 amide bonds. The van der Waals surface area contributed by atoms with Gasteiger partial charge in [0.2, 0.25) is 6.79 Å². The van der Waals surface area contributed by atoms with E-state index < -0.39 is 0 Å². The maximum Gasteiger partial charge on any atom is 0.231 e. The summed E-state index contributed by atoms with van der Waals surface area (Å²) in [6, 6.07) is 11.9. The quantitative estimate of drug-likeness (QED) is 0.480. The molecule has 0 radical (unpaired) electrons. The zero-order valence-electron chi connectivity index (χ0n) is 15.9. The van der Waals surface area contributed by atoms with Crippen LogP contribution < -0.4 is 20.1 Å². The van der Waals surface area contributed by atoms with Gasteiger partial charge in [-0.2, -0.15) is 0 Å². The topological polar surface area (TPSA) is 85.1 Å². The number of aliphatic imine (C=N–C) groups is 1. The summed E-state index contributed by atoms with van der Waals surface area (Å²) in [6.07, 6.45) is 3.57. The number of aromatic nitrogens is 3. The summed E-state index contributed by atoms with van der Waals surface area (Å²) in [5, 5.41) is 15.1. The van der Waals surface area contributed by atoms with E-state index in [2.05, 4.69) is 38.8 Å². The Hall–Kier alpha value is -3.29. The number of hydrogen-bond acceptors (Lipinski definition) is 5. The van der Waals surface area contributed by atoms with Crippen LogP contribution in [0.1, 0.15) is 18.3 Å². The molecule has 28 heavy (non-hydrogen) atoms. The van der Waals surface area contributed by atoms with Crippen molar-refractivity contribution >= 4 is 11.6 Å². The predicted octanol–water partition coefficient (Wildman–Crippen LogP) is 1.80. The van der Waals surface area contributed by atoms with Gasteiger partial charge in [-0.15, -0.1) is 10.2 Å². The standard InChI is InChI=1S/C20H24N6O2/c1-2-21-20(22-10-8-15-6-7-16-17(13-15)28-14-27-16)23-11-9-19-25-24-18-5-3-4-12-26(18)19/h3-7,12-13H,2,8-11,14H2,1H3,(H2,21,22,23). The number of pyridine rings is 1. The first kappa shape index (κ1) is 18.1. The van der Waals surface area contributed by atoms with E-state index in [1.807, 2.05) is 40.9 Å². The monoisotopic (exact) mass is 380 g/mol. The van der Waals surface area contributed by atoms with Crippen molar-refractivity contribution in [3.05, 3.63) is 54.0 Å². The second kappa shape index (κ2) is 8.60. The van der Waals surface area contributed by atoms with E-state index in [0.29, 0.717) is 13.3 Å². The largest absolute Gasteiger partial charge is 0.454 e. The average Bonchev–Trinajstić information content (AvgIpc) is 3.35. The van der Waals surface area contributed by atoms with Crippen molar-refractivity contribution in [2.45, 2.75) is 19.8 Å². The summed E-state index contributed by atoms with van der Waals surface area (Å²) in [5.74, 6) is 3.35. The number of benzene rings is 1. The Morgan fingerprint density at radius 2 is 2.04 bits per heavy atom. The molecule has 0 aliphatic carbocycles. The highest BCUT2D eigenvalue weighted by atomic mass is 16.7. The van der Waals surface area contributed by atoms with Gasteiger partial charge in [-0.3, -0.25) is 9.39 Å². The summed E-state index contributed by atoms with van der Waals surface area (Å²) in [6.45, 7) is 4.58. The number of ether oxygens (including phenoxy) is 2. The molecule has 8 heteroatoms. The highest BCUT2D eigenvalue weighted by Gasteiger charge is 2.13. The number of hydrogen-bond donors (Lipinski definition) is 2. The number of nitrogens with one attached hydrogen (secondary N) is 2. The minimum Gasteiger partial charge on any atom is -0.454 e. The zero-order chi connectivity index (χ0) is 19.2. The maximum absolute atomic E-state index is 5.43. The highest BCUT2D eigenvalue weighted by molar-refractivity contribution is 5.79. The summed E-state index contributed by atoms with van der Waals surface area (Å²) in [4.78, 5) is 4.65. The van der Waals surface area contributed by atoms with Crippen LogP contribution in [-0.2, 0) is 12.8 Å². The van der Waals surface area contributed by atoms with Crippen LogP contribution in [0.4, 0.5) is 0 Å². The van der Waals surface area contributed by atoms with Gasteiger partial charge in [-0.05, 0) is 43.2 Å². The Labute approximate surface area is 163 Å². The van der Waals surface area contributed by atoms with E-state index in [1.165, 1.54) is 5.56 Å². The first-order valence-electron chi connectivity index (χ1n) is 9.53. The average molecular weight is 380 g/mol. The Kier molecular flexibility index (Phi) is 5.56. The lowest BCUT2D eigenvalue weighted by Gasteiger charge is -2.11. The third-order valence-corrected chi connectivity index (χ3v) is 4.48. The number of fused-ring (bicyclic) bond motifs is 2. The fourth-order valence-corrected chi connectivity index (χ4v) is 3.09. The zero-order valence-corrected chi connectivity index (χ0v) is 15.9. The third-order valence-electron chi connectivity index (χ3n) is 4.48. The number of guanidine groups is 1. The molecule has 0 atom stereocenters. The summed E-state index contributed by atoms with van der Waals surface area (Å²) in [7, 11) is 0. The first-order chi connectivity index (χ1) is 13.8. The summed E-state index contributed by atoms with van der Waals surface area (Å²) < 4.78 is 12.8. The van der Waals surface area contributed by atoms with Crippen molar-refractivity contribution in [3.8, 4) is 11.5 Å². The van der Waals surface area contributed by atoms with Gasteiger partial charge >= 0.3 is 0 Å². The van der Waals surface area contributed by atoms with Gasteiger partial charge in [-0.25, -0.2) is 0 Å². The van der Waals surface area contributed by atoms with Crippen LogP contribution in [0.5, 0.6) is 11.5 Å². The van der Waals surface area contributed by atoms with E-state index in [-0.39, 0.29) is 0 Å². The lowest BCUT2D eigenvalue weighted by atomic mass is 10.1. The smallest absolute Gasteiger partial charge is 0.231 e. The molecule has 0 bridgehead atoms. The number of rotatable bonds is 7. The Balaban J connectivity index is 1.30. The molecular formula is C20H24N6O2. The Bertz CT molecular complexity index is 968. The molecule has 1 aromatic carbocycles. The Morgan fingerprint density at radius 3 is 2.96 bits per heavy atom. The van der Waals surface area contributed by atoms with Crippen molar-refractivity contribution in [1.29, 1.82) is 0 Å². The minimum absolute atomic E-state index is 0.301. The van der Waals surface area contributed by atoms with E-state index in [4.69, 9.17) is 9.47 Å². The van der Waals surface area contributed by atoms with Gasteiger partial charge < -0.3 is 20.1 Å². The van der Waals surface area contributed by atoms with Gasteiger partial charge in [0.1, 0.15) is 5.82 Å². The first-order valence-corrected chi connectivity index (χ1v) is 9.53. The molecule has 1 aliphatic rings. The van der Waals surface area contributed by atoms with Crippen LogP contribution in [0.2, 0.25) is 0 Å². The molecule has 146 valence electrons. The molecule has 0 unspecified atom stereocenters. The molecule has 3 heterocycles. The van der Waals surface area contributed by atoms with Crippen molar-refractivity contribution < 1.29 is 9.47 Å². The molecular weight excluding hydrogens is 356 g/mol. The van der Waals surface area contributed by atoms with Gasteiger partial charge in [0.05, 0.1) is 0 Å². The molecule has 1 aliphatic heterocycles. The second-order valence-corrected chi connectivity index (χ2v) is 6.42. The molecule has 0 saturated carbocycles. The minimum atomic E-state index is 0.301. The van der Waals surface area contributed by atoms with Crippen LogP contribution in [0.15, 0.2) is 47.6 Å². The van der Waals surface area contributed by atoms with Crippen molar-refractivity contribution in [2.24, 2.45) is 4.99 Å². The molecule has 4 rings (SSSR count).